The molecular weight excluding hydrogens is 356 g/mol. The minimum Gasteiger partial charge on any atom is -0.341 e. The molecule has 0 bridgehead atoms. The van der Waals surface area contributed by atoms with Gasteiger partial charge in [0.25, 0.3) is 0 Å². The van der Waals surface area contributed by atoms with Gasteiger partial charge in [0.2, 0.25) is 5.91 Å². The molecule has 1 saturated heterocycles. The Balaban J connectivity index is 1.72. The molecule has 1 fully saturated rings. The summed E-state index contributed by atoms with van der Waals surface area (Å²) in [5.41, 5.74) is 2.25. The zero-order valence-electron chi connectivity index (χ0n) is 13.4. The van der Waals surface area contributed by atoms with E-state index in [0.29, 0.717) is 6.54 Å². The Labute approximate surface area is 144 Å². The summed E-state index contributed by atoms with van der Waals surface area (Å²) in [6, 6.07) is 8.02. The van der Waals surface area contributed by atoms with Crippen molar-refractivity contribution < 1.29 is 4.79 Å². The average molecular weight is 377 g/mol. The molecule has 1 amide bonds. The molecule has 2 atom stereocenters. The summed E-state index contributed by atoms with van der Waals surface area (Å²) in [6.45, 7) is 2.15. The van der Waals surface area contributed by atoms with Gasteiger partial charge in [-0.1, -0.05) is 34.1 Å². The standard InChI is InChI=1S/C17H21BrN4O/c1-21(10-12-5-3-4-6-16(12)18)17(23)15-9-19-8-14(15)13-7-20-22(2)11-13/h3-7,11,14-15,19H,8-10H2,1-2H3/t14-,15+/m1/s1. The largest absolute Gasteiger partial charge is 0.341 e. The molecule has 23 heavy (non-hydrogen) atoms. The van der Waals surface area contributed by atoms with Crippen LogP contribution in [0.3, 0.4) is 0 Å². The first-order chi connectivity index (χ1) is 11.1. The normalized spacial score (nSPS) is 20.7. The average Bonchev–Trinajstić information content (AvgIpc) is 3.17. The van der Waals surface area contributed by atoms with Crippen LogP contribution in [0.2, 0.25) is 0 Å². The molecule has 1 aromatic carbocycles. The van der Waals surface area contributed by atoms with Crippen LogP contribution in [0.1, 0.15) is 17.0 Å². The lowest BCUT2D eigenvalue weighted by Gasteiger charge is -2.24. The minimum atomic E-state index is -0.0355. The summed E-state index contributed by atoms with van der Waals surface area (Å²) >= 11 is 3.55. The molecule has 1 N–H and O–H groups in total. The zero-order chi connectivity index (χ0) is 16.4. The number of rotatable bonds is 4. The van der Waals surface area contributed by atoms with Crippen molar-refractivity contribution in [3.05, 3.63) is 52.3 Å². The highest BCUT2D eigenvalue weighted by molar-refractivity contribution is 9.10. The quantitative estimate of drug-likeness (QED) is 0.889. The van der Waals surface area contributed by atoms with E-state index in [1.807, 2.05) is 55.7 Å². The van der Waals surface area contributed by atoms with Gasteiger partial charge in [0.15, 0.2) is 0 Å². The highest BCUT2D eigenvalue weighted by Gasteiger charge is 2.36. The van der Waals surface area contributed by atoms with Crippen LogP contribution >= 0.6 is 15.9 Å². The number of halogens is 1. The number of hydrogen-bond donors (Lipinski definition) is 1. The van der Waals surface area contributed by atoms with E-state index in [1.54, 1.807) is 4.68 Å². The monoisotopic (exact) mass is 376 g/mol. The highest BCUT2D eigenvalue weighted by atomic mass is 79.9. The number of aromatic nitrogens is 2. The van der Waals surface area contributed by atoms with Crippen LogP contribution in [-0.2, 0) is 18.4 Å². The van der Waals surface area contributed by atoms with Crippen LogP contribution in [0.25, 0.3) is 0 Å². The fraction of sp³-hybridized carbons (Fsp3) is 0.412. The van der Waals surface area contributed by atoms with E-state index in [2.05, 4.69) is 26.3 Å². The van der Waals surface area contributed by atoms with Crippen LogP contribution in [0.5, 0.6) is 0 Å². The molecule has 2 heterocycles. The number of nitrogens with one attached hydrogen (secondary N) is 1. The van der Waals surface area contributed by atoms with E-state index >= 15 is 0 Å². The maximum absolute atomic E-state index is 12.9. The summed E-state index contributed by atoms with van der Waals surface area (Å²) in [5.74, 6) is 0.337. The van der Waals surface area contributed by atoms with Crippen LogP contribution in [0, 0.1) is 5.92 Å². The van der Waals surface area contributed by atoms with Crippen molar-refractivity contribution in [1.29, 1.82) is 0 Å². The summed E-state index contributed by atoms with van der Waals surface area (Å²) in [4.78, 5) is 14.7. The Morgan fingerprint density at radius 2 is 2.22 bits per heavy atom. The molecule has 1 aliphatic heterocycles. The van der Waals surface area contributed by atoms with Crippen LogP contribution in [0.15, 0.2) is 41.1 Å². The van der Waals surface area contributed by atoms with Crippen molar-refractivity contribution in [1.82, 2.24) is 20.0 Å². The number of nitrogens with zero attached hydrogens (tertiary/aromatic N) is 3. The molecule has 0 radical (unpaired) electrons. The Kier molecular flexibility index (Phi) is 4.82. The van der Waals surface area contributed by atoms with Gasteiger partial charge in [-0.2, -0.15) is 5.10 Å². The Bertz CT molecular complexity index is 699. The fourth-order valence-corrected chi connectivity index (χ4v) is 3.57. The number of benzene rings is 1. The molecule has 0 saturated carbocycles. The number of carbonyl (C=O) groups is 1. The summed E-state index contributed by atoms with van der Waals surface area (Å²) in [7, 11) is 3.78. The van der Waals surface area contributed by atoms with Crippen LogP contribution in [0.4, 0.5) is 0 Å². The van der Waals surface area contributed by atoms with E-state index < -0.39 is 0 Å². The lowest BCUT2D eigenvalue weighted by Crippen LogP contribution is -2.35. The zero-order valence-corrected chi connectivity index (χ0v) is 15.0. The minimum absolute atomic E-state index is 0.0355. The molecule has 6 heteroatoms. The molecule has 0 aliphatic carbocycles. The lowest BCUT2D eigenvalue weighted by molar-refractivity contribution is -0.134. The first kappa shape index (κ1) is 16.2. The smallest absolute Gasteiger partial charge is 0.227 e. The molecule has 122 valence electrons. The van der Waals surface area contributed by atoms with E-state index in [1.165, 1.54) is 0 Å². The first-order valence-electron chi connectivity index (χ1n) is 7.74. The van der Waals surface area contributed by atoms with Gasteiger partial charge in [-0.3, -0.25) is 9.48 Å². The number of carbonyl (C=O) groups excluding carboxylic acids is 1. The summed E-state index contributed by atoms with van der Waals surface area (Å²) in [6.07, 6.45) is 3.87. The second kappa shape index (κ2) is 6.84. The van der Waals surface area contributed by atoms with Gasteiger partial charge in [-0.05, 0) is 17.2 Å². The van der Waals surface area contributed by atoms with Gasteiger partial charge in [0.05, 0.1) is 12.1 Å². The van der Waals surface area contributed by atoms with Crippen molar-refractivity contribution in [2.24, 2.45) is 13.0 Å². The number of aryl methyl sites for hydroxylation is 1. The second-order valence-corrected chi connectivity index (χ2v) is 6.96. The van der Waals surface area contributed by atoms with Crippen LogP contribution in [-0.4, -0.2) is 40.7 Å². The lowest BCUT2D eigenvalue weighted by atomic mass is 9.90. The van der Waals surface area contributed by atoms with Crippen molar-refractivity contribution in [3.63, 3.8) is 0 Å². The predicted octanol–water partition coefficient (Wildman–Crippen LogP) is 2.14. The van der Waals surface area contributed by atoms with E-state index in [9.17, 15) is 4.79 Å². The van der Waals surface area contributed by atoms with E-state index in [0.717, 1.165) is 28.7 Å². The second-order valence-electron chi connectivity index (χ2n) is 6.10. The molecule has 0 unspecified atom stereocenters. The molecule has 1 aliphatic rings. The maximum atomic E-state index is 12.9. The molecule has 2 aromatic rings. The maximum Gasteiger partial charge on any atom is 0.227 e. The first-order valence-corrected chi connectivity index (χ1v) is 8.53. The Morgan fingerprint density at radius 1 is 1.43 bits per heavy atom. The van der Waals surface area contributed by atoms with Gasteiger partial charge in [-0.25, -0.2) is 0 Å². The molecular formula is C17H21BrN4O. The summed E-state index contributed by atoms with van der Waals surface area (Å²) < 4.78 is 2.83. The molecule has 0 spiro atoms. The van der Waals surface area contributed by atoms with Gasteiger partial charge >= 0.3 is 0 Å². The molecule has 5 nitrogen and oxygen atoms in total. The third-order valence-electron chi connectivity index (χ3n) is 4.43. The summed E-state index contributed by atoms with van der Waals surface area (Å²) in [5, 5.41) is 7.58. The molecule has 3 rings (SSSR count). The van der Waals surface area contributed by atoms with E-state index in [-0.39, 0.29) is 17.7 Å². The highest BCUT2D eigenvalue weighted by Crippen LogP contribution is 2.29. The number of amides is 1. The van der Waals surface area contributed by atoms with E-state index in [4.69, 9.17) is 0 Å². The van der Waals surface area contributed by atoms with Gasteiger partial charge in [0.1, 0.15) is 0 Å². The third kappa shape index (κ3) is 3.48. The predicted molar refractivity (Wildman–Crippen MR) is 92.9 cm³/mol. The van der Waals surface area contributed by atoms with Crippen molar-refractivity contribution in [3.8, 4) is 0 Å². The van der Waals surface area contributed by atoms with Gasteiger partial charge in [0, 0.05) is 50.3 Å². The van der Waals surface area contributed by atoms with Gasteiger partial charge in [-0.15, -0.1) is 0 Å². The van der Waals surface area contributed by atoms with Crippen molar-refractivity contribution in [2.45, 2.75) is 12.5 Å². The third-order valence-corrected chi connectivity index (χ3v) is 5.20. The Hall–Kier alpha value is -1.66. The van der Waals surface area contributed by atoms with Crippen molar-refractivity contribution in [2.75, 3.05) is 20.1 Å². The van der Waals surface area contributed by atoms with Crippen molar-refractivity contribution >= 4 is 21.8 Å². The van der Waals surface area contributed by atoms with Gasteiger partial charge < -0.3 is 10.2 Å². The topological polar surface area (TPSA) is 50.2 Å². The molecule has 1 aromatic heterocycles. The SMILES string of the molecule is CN(Cc1ccccc1Br)C(=O)[C@H]1CNC[C@@H]1c1cnn(C)c1. The fourth-order valence-electron chi connectivity index (χ4n) is 3.16. The Morgan fingerprint density at radius 3 is 2.91 bits per heavy atom. The number of hydrogen-bond acceptors (Lipinski definition) is 3. The van der Waals surface area contributed by atoms with Crippen LogP contribution < -0.4 is 5.32 Å².